The van der Waals surface area contributed by atoms with Crippen molar-refractivity contribution in [1.29, 1.82) is 0 Å². The van der Waals surface area contributed by atoms with E-state index in [0.717, 1.165) is 16.1 Å². The first-order chi connectivity index (χ1) is 32.1. The van der Waals surface area contributed by atoms with E-state index in [1.54, 1.807) is 102 Å². The number of amides is 5. The molecule has 0 bridgehead atoms. The Bertz CT molecular complexity index is 3010. The molecule has 2 aromatic heterocycles. The summed E-state index contributed by atoms with van der Waals surface area (Å²) in [6.07, 6.45) is 3.29. The molecule has 0 aliphatic rings. The van der Waals surface area contributed by atoms with Crippen LogP contribution < -0.4 is 41.8 Å². The van der Waals surface area contributed by atoms with E-state index in [4.69, 9.17) is 5.73 Å². The van der Waals surface area contributed by atoms with Gasteiger partial charge in [-0.05, 0) is 142 Å². The Hall–Kier alpha value is -6.23. The molecule has 0 saturated heterocycles. The highest BCUT2D eigenvalue weighted by atomic mass is 32.2. The van der Waals surface area contributed by atoms with E-state index >= 15 is 0 Å². The largest absolute Gasteiger partial charge is 0.399 e. The standard InChI is InChI=1S/C25H31N5O4S2.C23H29N5O3S2/c1-15(2)27-24(32)29-18-9-7-17(8-10-18)23-26-14-21(35-23)20-12-11-19(28-16(3)31)13-22(20)36(33,34)30-25(4,5)6;1-14(2)26-22(29)27-17-9-6-15(7-10-17)21-25-13-19(32-21)18-11-8-16(24)12-20(18)33(30,31)28-23(3,4)5/h7-15,30H,1-6H3,(H,28,31)(H2,27,29,32);6-14,28H,24H2,1-5H3,(H2,26,27,29). The summed E-state index contributed by atoms with van der Waals surface area (Å²) in [5, 5.41) is 15.2. The van der Waals surface area contributed by atoms with Crippen molar-refractivity contribution in [1.82, 2.24) is 30.0 Å². The molecule has 0 atom stereocenters. The number of urea groups is 2. The number of anilines is 4. The second-order valence-electron chi connectivity index (χ2n) is 18.6. The molecule has 21 heteroatoms. The van der Waals surface area contributed by atoms with Crippen LogP contribution in [0.5, 0.6) is 0 Å². The van der Waals surface area contributed by atoms with Crippen molar-refractivity contribution in [2.24, 2.45) is 0 Å². The number of nitrogens with zero attached hydrogens (tertiary/aromatic N) is 2. The number of carbonyl (C=O) groups excluding carboxylic acids is 3. The van der Waals surface area contributed by atoms with E-state index in [-0.39, 0.29) is 39.8 Å². The number of thiazole rings is 2. The number of hydrogen-bond acceptors (Lipinski definition) is 12. The molecule has 5 amide bonds. The maximum Gasteiger partial charge on any atom is 0.319 e. The van der Waals surface area contributed by atoms with Crippen molar-refractivity contribution in [3.05, 3.63) is 97.3 Å². The van der Waals surface area contributed by atoms with Gasteiger partial charge < -0.3 is 32.3 Å². The lowest BCUT2D eigenvalue weighted by atomic mass is 10.1. The molecule has 69 heavy (non-hydrogen) atoms. The van der Waals surface area contributed by atoms with E-state index in [1.165, 1.54) is 41.7 Å². The van der Waals surface area contributed by atoms with Crippen LogP contribution in [0.15, 0.2) is 107 Å². The number of hydrogen-bond donors (Lipinski definition) is 8. The minimum absolute atomic E-state index is 0.0256. The maximum absolute atomic E-state index is 13.3. The summed E-state index contributed by atoms with van der Waals surface area (Å²) < 4.78 is 58.0. The van der Waals surface area contributed by atoms with Gasteiger partial charge in [-0.25, -0.2) is 45.8 Å². The van der Waals surface area contributed by atoms with Gasteiger partial charge in [0.1, 0.15) is 10.0 Å². The smallest absolute Gasteiger partial charge is 0.319 e. The van der Waals surface area contributed by atoms with Gasteiger partial charge in [0.2, 0.25) is 26.0 Å². The molecule has 17 nitrogen and oxygen atoms in total. The molecule has 368 valence electrons. The molecular weight excluding hydrogens is 957 g/mol. The lowest BCUT2D eigenvalue weighted by Gasteiger charge is -2.22. The van der Waals surface area contributed by atoms with Gasteiger partial charge in [0.15, 0.2) is 0 Å². The van der Waals surface area contributed by atoms with Crippen LogP contribution in [0.3, 0.4) is 0 Å². The average molecular weight is 1020 g/mol. The zero-order valence-corrected chi connectivity index (χ0v) is 43.6. The Balaban J connectivity index is 0.000000258. The molecule has 0 saturated carbocycles. The summed E-state index contributed by atoms with van der Waals surface area (Å²) in [7, 11) is -7.70. The van der Waals surface area contributed by atoms with E-state index in [1.807, 2.05) is 52.0 Å². The minimum Gasteiger partial charge on any atom is -0.399 e. The third kappa shape index (κ3) is 15.9. The van der Waals surface area contributed by atoms with Gasteiger partial charge in [0.05, 0.1) is 19.5 Å². The van der Waals surface area contributed by atoms with Gasteiger partial charge in [-0.15, -0.1) is 22.7 Å². The van der Waals surface area contributed by atoms with Crippen LogP contribution in [-0.2, 0) is 24.8 Å². The molecule has 0 aliphatic heterocycles. The molecule has 9 N–H and O–H groups in total. The van der Waals surface area contributed by atoms with Crippen molar-refractivity contribution in [3.8, 4) is 42.0 Å². The predicted molar refractivity (Wildman–Crippen MR) is 279 cm³/mol. The highest BCUT2D eigenvalue weighted by molar-refractivity contribution is 7.90. The van der Waals surface area contributed by atoms with Crippen molar-refractivity contribution in [2.45, 2.75) is 109 Å². The molecule has 0 aliphatic carbocycles. The Morgan fingerprint density at radius 3 is 1.30 bits per heavy atom. The molecule has 0 radical (unpaired) electrons. The van der Waals surface area contributed by atoms with Crippen molar-refractivity contribution in [2.75, 3.05) is 21.7 Å². The number of benzene rings is 4. The van der Waals surface area contributed by atoms with Gasteiger partial charge >= 0.3 is 12.1 Å². The Kier molecular flexibility index (Phi) is 17.1. The molecule has 6 rings (SSSR count). The molecule has 2 heterocycles. The number of aromatic nitrogens is 2. The van der Waals surface area contributed by atoms with Crippen LogP contribution in [0, 0.1) is 0 Å². The maximum atomic E-state index is 13.3. The monoisotopic (exact) mass is 1020 g/mol. The first-order valence-electron chi connectivity index (χ1n) is 21.7. The third-order valence-corrected chi connectivity index (χ3v) is 14.7. The fourth-order valence-corrected chi connectivity index (χ4v) is 11.8. The molecule has 4 aromatic carbocycles. The van der Waals surface area contributed by atoms with Gasteiger partial charge in [-0.3, -0.25) is 4.79 Å². The first kappa shape index (κ1) is 53.7. The highest BCUT2D eigenvalue weighted by Gasteiger charge is 2.28. The fraction of sp³-hybridized carbons (Fsp3) is 0.312. The third-order valence-electron chi connectivity index (χ3n) is 8.93. The molecule has 0 unspecified atom stereocenters. The zero-order valence-electron chi connectivity index (χ0n) is 40.4. The van der Waals surface area contributed by atoms with E-state index < -0.39 is 31.1 Å². The lowest BCUT2D eigenvalue weighted by molar-refractivity contribution is -0.114. The van der Waals surface area contributed by atoms with Crippen molar-refractivity contribution in [3.63, 3.8) is 0 Å². The van der Waals surface area contributed by atoms with Crippen LogP contribution in [0.25, 0.3) is 42.0 Å². The SMILES string of the molecule is CC(=O)Nc1ccc(-c2cnc(-c3ccc(NC(=O)NC(C)C)cc3)s2)c(S(=O)(=O)NC(C)(C)C)c1.CC(C)NC(=O)Nc1ccc(-c2ncc(-c3ccc(N)cc3S(=O)(=O)NC(C)(C)C)s2)cc1. The quantitative estimate of drug-likeness (QED) is 0.0508. The molecule has 0 spiro atoms. The van der Waals surface area contributed by atoms with Crippen LogP contribution in [-0.4, -0.2) is 67.9 Å². The summed E-state index contributed by atoms with van der Waals surface area (Å²) in [4.78, 5) is 45.8. The molecule has 6 aromatic rings. The number of carbonyl (C=O) groups is 3. The Morgan fingerprint density at radius 1 is 0.551 bits per heavy atom. The number of sulfonamides is 2. The summed E-state index contributed by atoms with van der Waals surface area (Å²) in [5.41, 5.74) is 9.32. The second-order valence-corrected chi connectivity index (χ2v) is 23.9. The van der Waals surface area contributed by atoms with E-state index in [0.29, 0.717) is 48.6 Å². The normalized spacial score (nSPS) is 12.0. The van der Waals surface area contributed by atoms with Crippen LogP contribution in [0.2, 0.25) is 0 Å². The van der Waals surface area contributed by atoms with Crippen LogP contribution >= 0.6 is 22.7 Å². The van der Waals surface area contributed by atoms with Gasteiger partial charge in [0, 0.05) is 87.5 Å². The number of nitrogens with one attached hydrogen (secondary N) is 7. The van der Waals surface area contributed by atoms with E-state index in [2.05, 4.69) is 46.0 Å². The van der Waals surface area contributed by atoms with Crippen molar-refractivity contribution >= 4 is 83.4 Å². The average Bonchev–Trinajstić information content (AvgIpc) is 3.91. The van der Waals surface area contributed by atoms with Crippen molar-refractivity contribution < 1.29 is 31.2 Å². The number of nitrogens with two attached hydrogens (primary N) is 1. The van der Waals surface area contributed by atoms with Gasteiger partial charge in [-0.2, -0.15) is 0 Å². The number of nitrogen functional groups attached to an aromatic ring is 1. The van der Waals surface area contributed by atoms with Gasteiger partial charge in [0.25, 0.3) is 0 Å². The first-order valence-corrected chi connectivity index (χ1v) is 26.3. The summed E-state index contributed by atoms with van der Waals surface area (Å²) in [6, 6.07) is 23.7. The van der Waals surface area contributed by atoms with E-state index in [9.17, 15) is 31.2 Å². The minimum atomic E-state index is -3.90. The lowest BCUT2D eigenvalue weighted by Crippen LogP contribution is -2.40. The fourth-order valence-electron chi connectivity index (χ4n) is 6.43. The second kappa shape index (κ2) is 22.0. The summed E-state index contributed by atoms with van der Waals surface area (Å²) >= 11 is 2.72. The summed E-state index contributed by atoms with van der Waals surface area (Å²) in [6.45, 7) is 19.5. The highest BCUT2D eigenvalue weighted by Crippen LogP contribution is 2.39. The van der Waals surface area contributed by atoms with Crippen LogP contribution in [0.1, 0.15) is 76.2 Å². The zero-order chi connectivity index (χ0) is 51.1. The topological polar surface area (TPSA) is 256 Å². The van der Waals surface area contributed by atoms with Gasteiger partial charge in [-0.1, -0.05) is 12.1 Å². The molecule has 0 fully saturated rings. The van der Waals surface area contributed by atoms with Crippen LogP contribution in [0.4, 0.5) is 32.3 Å². The Labute approximate surface area is 412 Å². The Morgan fingerprint density at radius 2 is 0.928 bits per heavy atom. The number of rotatable bonds is 13. The summed E-state index contributed by atoms with van der Waals surface area (Å²) in [5.74, 6) is -0.297. The molecular formula is C48H60N10O7S4. The predicted octanol–water partition coefficient (Wildman–Crippen LogP) is 9.71.